The first-order valence-corrected chi connectivity index (χ1v) is 11.5. The fraction of sp³-hybridized carbons (Fsp3) is 0.560. The topological polar surface area (TPSA) is 64.4 Å². The third-order valence-corrected chi connectivity index (χ3v) is 6.15. The highest BCUT2D eigenvalue weighted by Gasteiger charge is 2.34. The van der Waals surface area contributed by atoms with Crippen LogP contribution in [0.15, 0.2) is 30.5 Å². The molecule has 2 aromatic rings. The first-order chi connectivity index (χ1) is 14.8. The fourth-order valence-electron chi connectivity index (χ4n) is 4.22. The maximum absolute atomic E-state index is 13.5. The smallest absolute Gasteiger partial charge is 0.343 e. The van der Waals surface area contributed by atoms with Gasteiger partial charge in [-0.05, 0) is 76.5 Å². The van der Waals surface area contributed by atoms with E-state index in [1.54, 1.807) is 22.7 Å². The predicted molar refractivity (Wildman–Crippen MR) is 123 cm³/mol. The number of anilines is 1. The van der Waals surface area contributed by atoms with Crippen LogP contribution in [-0.4, -0.2) is 34.3 Å². The lowest BCUT2D eigenvalue weighted by molar-refractivity contribution is -0.123. The lowest BCUT2D eigenvalue weighted by Crippen LogP contribution is -2.43. The zero-order valence-corrected chi connectivity index (χ0v) is 19.4. The second kappa shape index (κ2) is 10.1. The number of carbonyl (C=O) groups is 2. The average Bonchev–Trinajstić information content (AvgIpc) is 3.19. The van der Waals surface area contributed by atoms with E-state index in [4.69, 9.17) is 9.84 Å². The molecule has 0 saturated heterocycles. The van der Waals surface area contributed by atoms with E-state index in [0.29, 0.717) is 17.3 Å². The summed E-state index contributed by atoms with van der Waals surface area (Å²) in [5.74, 6) is 0.625. The molecule has 1 amide bonds. The van der Waals surface area contributed by atoms with E-state index >= 15 is 0 Å². The van der Waals surface area contributed by atoms with Crippen molar-refractivity contribution >= 4 is 17.7 Å². The van der Waals surface area contributed by atoms with E-state index < -0.39 is 5.97 Å². The van der Waals surface area contributed by atoms with E-state index in [2.05, 4.69) is 26.0 Å². The lowest BCUT2D eigenvalue weighted by Gasteiger charge is -2.32. The molecular formula is C25H35N3O3. The maximum atomic E-state index is 13.5. The van der Waals surface area contributed by atoms with Crippen molar-refractivity contribution in [1.82, 2.24) is 9.78 Å². The number of hydrogen-bond donors (Lipinski definition) is 0. The van der Waals surface area contributed by atoms with Gasteiger partial charge in [0, 0.05) is 18.2 Å². The third-order valence-electron chi connectivity index (χ3n) is 6.15. The summed E-state index contributed by atoms with van der Waals surface area (Å²) in [6.45, 7) is 10.3. The monoisotopic (exact) mass is 425 g/mol. The van der Waals surface area contributed by atoms with Crippen LogP contribution < -0.4 is 4.90 Å². The molecule has 0 bridgehead atoms. The summed E-state index contributed by atoms with van der Waals surface area (Å²) < 4.78 is 6.97. The van der Waals surface area contributed by atoms with Crippen molar-refractivity contribution in [2.45, 2.75) is 72.8 Å². The molecule has 0 aliphatic heterocycles. The standard InChI is InChI=1S/C25H35N3O3/c1-6-19-10-14-21(15-11-19)27-16-22(25(30)31-7-2)23(26-27)28(17(3)4)24(29)20-12-8-18(5)9-13-20/h10-11,14-18,20H,6-9,12-13H2,1-5H3/t18-,20-. The van der Waals surface area contributed by atoms with Gasteiger partial charge >= 0.3 is 5.97 Å². The van der Waals surface area contributed by atoms with Gasteiger partial charge in [0.15, 0.2) is 5.82 Å². The van der Waals surface area contributed by atoms with Crippen LogP contribution in [0.3, 0.4) is 0 Å². The second-order valence-electron chi connectivity index (χ2n) is 8.81. The largest absolute Gasteiger partial charge is 0.462 e. The number of benzene rings is 1. The summed E-state index contributed by atoms with van der Waals surface area (Å²) in [5.41, 5.74) is 2.40. The minimum absolute atomic E-state index is 0.0253. The average molecular weight is 426 g/mol. The normalized spacial score (nSPS) is 18.8. The first kappa shape index (κ1) is 23.0. The summed E-state index contributed by atoms with van der Waals surface area (Å²) >= 11 is 0. The Balaban J connectivity index is 2.01. The van der Waals surface area contributed by atoms with Crippen molar-refractivity contribution in [2.24, 2.45) is 11.8 Å². The van der Waals surface area contributed by atoms with Gasteiger partial charge in [-0.1, -0.05) is 26.0 Å². The van der Waals surface area contributed by atoms with Crippen molar-refractivity contribution in [3.8, 4) is 5.69 Å². The molecule has 6 heteroatoms. The van der Waals surface area contributed by atoms with Gasteiger partial charge in [0.05, 0.1) is 12.3 Å². The van der Waals surface area contributed by atoms with Crippen LogP contribution in [0.1, 0.15) is 76.2 Å². The highest BCUT2D eigenvalue weighted by Crippen LogP contribution is 2.33. The Hall–Kier alpha value is -2.63. The number of esters is 1. The molecule has 1 aromatic heterocycles. The Labute approximate surface area is 185 Å². The molecule has 168 valence electrons. The number of aromatic nitrogens is 2. The summed E-state index contributed by atoms with van der Waals surface area (Å²) in [4.78, 5) is 28.0. The van der Waals surface area contributed by atoms with Gasteiger partial charge in [0.1, 0.15) is 5.56 Å². The van der Waals surface area contributed by atoms with Crippen molar-refractivity contribution < 1.29 is 14.3 Å². The molecular weight excluding hydrogens is 390 g/mol. The number of ether oxygens (including phenoxy) is 1. The molecule has 0 atom stereocenters. The number of hydrogen-bond acceptors (Lipinski definition) is 4. The number of aryl methyl sites for hydroxylation is 1. The molecule has 0 unspecified atom stereocenters. The zero-order chi connectivity index (χ0) is 22.5. The van der Waals surface area contributed by atoms with Crippen LogP contribution >= 0.6 is 0 Å². The Morgan fingerprint density at radius 3 is 2.32 bits per heavy atom. The Morgan fingerprint density at radius 1 is 1.13 bits per heavy atom. The minimum Gasteiger partial charge on any atom is -0.462 e. The number of nitrogens with zero attached hydrogens (tertiary/aromatic N) is 3. The molecule has 0 radical (unpaired) electrons. The van der Waals surface area contributed by atoms with Crippen LogP contribution in [0.25, 0.3) is 5.69 Å². The van der Waals surface area contributed by atoms with E-state index in [0.717, 1.165) is 37.8 Å². The quantitative estimate of drug-likeness (QED) is 0.574. The minimum atomic E-state index is -0.454. The van der Waals surface area contributed by atoms with Crippen LogP contribution in [0.5, 0.6) is 0 Å². The van der Waals surface area contributed by atoms with Crippen LogP contribution in [0.4, 0.5) is 5.82 Å². The highest BCUT2D eigenvalue weighted by atomic mass is 16.5. The fourth-order valence-corrected chi connectivity index (χ4v) is 4.22. The van der Waals surface area contributed by atoms with Gasteiger partial charge < -0.3 is 4.74 Å². The van der Waals surface area contributed by atoms with Gasteiger partial charge in [-0.15, -0.1) is 5.10 Å². The van der Waals surface area contributed by atoms with E-state index in [1.807, 2.05) is 26.0 Å². The molecule has 1 heterocycles. The summed E-state index contributed by atoms with van der Waals surface area (Å²) in [7, 11) is 0. The van der Waals surface area contributed by atoms with Gasteiger partial charge in [0.25, 0.3) is 0 Å². The molecule has 0 spiro atoms. The Bertz CT molecular complexity index is 893. The van der Waals surface area contributed by atoms with Crippen molar-refractivity contribution in [1.29, 1.82) is 0 Å². The maximum Gasteiger partial charge on any atom is 0.343 e. The number of rotatable bonds is 7. The molecule has 1 fully saturated rings. The van der Waals surface area contributed by atoms with E-state index in [9.17, 15) is 9.59 Å². The first-order valence-electron chi connectivity index (χ1n) is 11.5. The van der Waals surface area contributed by atoms with Crippen molar-refractivity contribution in [3.05, 3.63) is 41.6 Å². The van der Waals surface area contributed by atoms with Crippen molar-refractivity contribution in [3.63, 3.8) is 0 Å². The van der Waals surface area contributed by atoms with Gasteiger partial charge in [0.2, 0.25) is 5.91 Å². The molecule has 0 N–H and O–H groups in total. The van der Waals surface area contributed by atoms with Gasteiger partial charge in [-0.3, -0.25) is 9.69 Å². The molecule has 31 heavy (non-hydrogen) atoms. The summed E-state index contributed by atoms with van der Waals surface area (Å²) in [5, 5.41) is 4.71. The van der Waals surface area contributed by atoms with Crippen LogP contribution in [0.2, 0.25) is 0 Å². The lowest BCUT2D eigenvalue weighted by atomic mass is 9.82. The van der Waals surface area contributed by atoms with E-state index in [1.165, 1.54) is 5.56 Å². The molecule has 3 rings (SSSR count). The van der Waals surface area contributed by atoms with E-state index in [-0.39, 0.29) is 24.5 Å². The molecule has 1 aromatic carbocycles. The SMILES string of the molecule is CCOC(=O)c1cn(-c2ccc(CC)cc2)nc1N(C(=O)[C@H]1CC[C@H](C)CC1)C(C)C. The number of amides is 1. The summed E-state index contributed by atoms with van der Waals surface area (Å²) in [6.07, 6.45) is 6.53. The molecule has 1 saturated carbocycles. The number of carbonyl (C=O) groups excluding carboxylic acids is 2. The molecule has 1 aliphatic rings. The van der Waals surface area contributed by atoms with Crippen LogP contribution in [0, 0.1) is 11.8 Å². The van der Waals surface area contributed by atoms with Crippen molar-refractivity contribution in [2.75, 3.05) is 11.5 Å². The predicted octanol–water partition coefficient (Wildman–Crippen LogP) is 5.18. The summed E-state index contributed by atoms with van der Waals surface area (Å²) in [6, 6.07) is 7.94. The van der Waals surface area contributed by atoms with Gasteiger partial charge in [-0.25, -0.2) is 9.48 Å². The molecule has 1 aliphatic carbocycles. The Morgan fingerprint density at radius 2 is 1.77 bits per heavy atom. The highest BCUT2D eigenvalue weighted by molar-refractivity contribution is 6.02. The van der Waals surface area contributed by atoms with Crippen LogP contribution in [-0.2, 0) is 16.0 Å². The Kier molecular flexibility index (Phi) is 7.52. The van der Waals surface area contributed by atoms with Gasteiger partial charge in [-0.2, -0.15) is 0 Å². The third kappa shape index (κ3) is 5.17. The molecule has 6 nitrogen and oxygen atoms in total. The zero-order valence-electron chi connectivity index (χ0n) is 19.4. The second-order valence-corrected chi connectivity index (χ2v) is 8.81.